The minimum atomic E-state index is -0.513. The number of nitrogens with zero attached hydrogens (tertiary/aromatic N) is 3. The van der Waals surface area contributed by atoms with Crippen LogP contribution in [0.1, 0.15) is 31.2 Å². The third-order valence-electron chi connectivity index (χ3n) is 4.91. The minimum Gasteiger partial charge on any atom is -0.504 e. The lowest BCUT2D eigenvalue weighted by Crippen LogP contribution is -2.29. The van der Waals surface area contributed by atoms with Gasteiger partial charge in [-0.25, -0.2) is 4.98 Å². The molecule has 1 aromatic carbocycles. The summed E-state index contributed by atoms with van der Waals surface area (Å²) in [4.78, 5) is 19.0. The summed E-state index contributed by atoms with van der Waals surface area (Å²) >= 11 is 0. The number of aromatic nitrogens is 2. The molecule has 0 unspecified atom stereocenters. The number of phenols is 2. The van der Waals surface area contributed by atoms with Gasteiger partial charge in [0.1, 0.15) is 6.20 Å². The highest BCUT2D eigenvalue weighted by Crippen LogP contribution is 2.27. The third kappa shape index (κ3) is 4.97. The molecule has 150 valence electrons. The van der Waals surface area contributed by atoms with E-state index in [1.54, 1.807) is 6.07 Å². The van der Waals surface area contributed by atoms with E-state index in [9.17, 15) is 20.3 Å². The SMILES string of the molecule is N[C@H]1CC[C@H](CNc2nc(NCc3ccc(O)c(O)c3)ncc2[N+](=O)[O-])CC1. The van der Waals surface area contributed by atoms with E-state index in [0.29, 0.717) is 18.0 Å². The molecule has 6 N–H and O–H groups in total. The highest BCUT2D eigenvalue weighted by molar-refractivity contribution is 5.57. The Morgan fingerprint density at radius 2 is 1.93 bits per heavy atom. The van der Waals surface area contributed by atoms with E-state index in [1.165, 1.54) is 18.3 Å². The Labute approximate surface area is 162 Å². The molecule has 1 aliphatic carbocycles. The Morgan fingerprint density at radius 1 is 1.18 bits per heavy atom. The van der Waals surface area contributed by atoms with Crippen LogP contribution in [0, 0.1) is 16.0 Å². The van der Waals surface area contributed by atoms with Crippen LogP contribution in [0.4, 0.5) is 17.5 Å². The van der Waals surface area contributed by atoms with E-state index < -0.39 is 4.92 Å². The zero-order valence-electron chi connectivity index (χ0n) is 15.3. The number of phenolic OH excluding ortho intramolecular Hbond substituents is 2. The van der Waals surface area contributed by atoms with Crippen LogP contribution in [-0.2, 0) is 6.54 Å². The van der Waals surface area contributed by atoms with Crippen molar-refractivity contribution in [2.75, 3.05) is 17.2 Å². The van der Waals surface area contributed by atoms with Crippen LogP contribution >= 0.6 is 0 Å². The second-order valence-corrected chi connectivity index (χ2v) is 7.02. The van der Waals surface area contributed by atoms with Gasteiger partial charge in [0, 0.05) is 19.1 Å². The first kappa shape index (κ1) is 19.6. The number of hydrogen-bond donors (Lipinski definition) is 5. The number of nitrogens with two attached hydrogens (primary N) is 1. The summed E-state index contributed by atoms with van der Waals surface area (Å²) < 4.78 is 0. The van der Waals surface area contributed by atoms with Crippen molar-refractivity contribution in [3.63, 3.8) is 0 Å². The number of rotatable bonds is 7. The standard InChI is InChI=1S/C18H24N6O4/c19-13-4-1-11(2-5-13)8-20-17-14(24(27)28)10-22-18(23-17)21-9-12-3-6-15(25)16(26)7-12/h3,6-7,10-11,13,25-26H,1-2,4-5,8-9,19H2,(H2,20,21,22,23)/t11-,13-. The van der Waals surface area contributed by atoms with Gasteiger partial charge in [0.25, 0.3) is 0 Å². The van der Waals surface area contributed by atoms with Crippen molar-refractivity contribution in [1.29, 1.82) is 0 Å². The molecule has 2 aromatic rings. The molecule has 0 radical (unpaired) electrons. The molecular formula is C18H24N6O4. The Balaban J connectivity index is 1.66. The van der Waals surface area contributed by atoms with Gasteiger partial charge in [-0.1, -0.05) is 6.07 Å². The lowest BCUT2D eigenvalue weighted by molar-refractivity contribution is -0.384. The fourth-order valence-corrected chi connectivity index (χ4v) is 3.22. The number of nitro groups is 1. The van der Waals surface area contributed by atoms with E-state index in [-0.39, 0.29) is 41.5 Å². The summed E-state index contributed by atoms with van der Waals surface area (Å²) in [6.45, 7) is 0.876. The molecule has 0 atom stereocenters. The molecule has 10 nitrogen and oxygen atoms in total. The molecule has 0 bridgehead atoms. The molecule has 0 saturated heterocycles. The normalized spacial score (nSPS) is 19.2. The van der Waals surface area contributed by atoms with Crippen molar-refractivity contribution in [1.82, 2.24) is 9.97 Å². The molecule has 1 aromatic heterocycles. The van der Waals surface area contributed by atoms with Gasteiger partial charge in [-0.2, -0.15) is 4.98 Å². The summed E-state index contributed by atoms with van der Waals surface area (Å²) in [5, 5.41) is 36.2. The molecule has 0 spiro atoms. The number of aromatic hydroxyl groups is 2. The highest BCUT2D eigenvalue weighted by Gasteiger charge is 2.21. The Bertz CT molecular complexity index is 839. The van der Waals surface area contributed by atoms with Gasteiger partial charge < -0.3 is 26.6 Å². The molecule has 1 heterocycles. The quantitative estimate of drug-likeness (QED) is 0.272. The average Bonchev–Trinajstić information content (AvgIpc) is 2.68. The summed E-state index contributed by atoms with van der Waals surface area (Å²) in [5.41, 5.74) is 6.44. The maximum absolute atomic E-state index is 11.3. The fraction of sp³-hybridized carbons (Fsp3) is 0.444. The monoisotopic (exact) mass is 388 g/mol. The van der Waals surface area contributed by atoms with E-state index in [2.05, 4.69) is 20.6 Å². The Morgan fingerprint density at radius 3 is 2.61 bits per heavy atom. The predicted molar refractivity (Wildman–Crippen MR) is 104 cm³/mol. The number of benzene rings is 1. The predicted octanol–water partition coefficient (Wildman–Crippen LogP) is 2.34. The average molecular weight is 388 g/mol. The van der Waals surface area contributed by atoms with Crippen LogP contribution in [-0.4, -0.2) is 37.7 Å². The second kappa shape index (κ2) is 8.70. The summed E-state index contributed by atoms with van der Waals surface area (Å²) in [6.07, 6.45) is 5.07. The van der Waals surface area contributed by atoms with Crippen molar-refractivity contribution >= 4 is 17.5 Å². The van der Waals surface area contributed by atoms with E-state index in [0.717, 1.165) is 25.7 Å². The van der Waals surface area contributed by atoms with Crippen LogP contribution in [0.3, 0.4) is 0 Å². The van der Waals surface area contributed by atoms with Crippen molar-refractivity contribution in [3.05, 3.63) is 40.1 Å². The first-order valence-electron chi connectivity index (χ1n) is 9.18. The first-order valence-corrected chi connectivity index (χ1v) is 9.18. The van der Waals surface area contributed by atoms with Crippen molar-refractivity contribution in [3.8, 4) is 11.5 Å². The second-order valence-electron chi connectivity index (χ2n) is 7.02. The van der Waals surface area contributed by atoms with Crippen LogP contribution < -0.4 is 16.4 Å². The zero-order valence-corrected chi connectivity index (χ0v) is 15.3. The van der Waals surface area contributed by atoms with Crippen LogP contribution in [0.5, 0.6) is 11.5 Å². The minimum absolute atomic E-state index is 0.172. The summed E-state index contributed by atoms with van der Waals surface area (Å²) in [6, 6.07) is 4.69. The maximum Gasteiger partial charge on any atom is 0.329 e. The Hall–Kier alpha value is -3.14. The maximum atomic E-state index is 11.3. The summed E-state index contributed by atoms with van der Waals surface area (Å²) in [5.74, 6) is 0.381. The number of hydrogen-bond acceptors (Lipinski definition) is 9. The Kier molecular flexibility index (Phi) is 6.09. The van der Waals surface area contributed by atoms with E-state index in [4.69, 9.17) is 5.73 Å². The topological polar surface area (TPSA) is 159 Å². The number of nitrogens with one attached hydrogen (secondary N) is 2. The third-order valence-corrected chi connectivity index (χ3v) is 4.91. The smallest absolute Gasteiger partial charge is 0.329 e. The zero-order chi connectivity index (χ0) is 20.1. The van der Waals surface area contributed by atoms with Gasteiger partial charge in [0.15, 0.2) is 11.5 Å². The molecule has 28 heavy (non-hydrogen) atoms. The molecule has 1 fully saturated rings. The van der Waals surface area contributed by atoms with Crippen molar-refractivity contribution < 1.29 is 15.1 Å². The molecule has 1 aliphatic rings. The van der Waals surface area contributed by atoms with Crippen molar-refractivity contribution in [2.24, 2.45) is 11.7 Å². The molecule has 0 aliphatic heterocycles. The summed E-state index contributed by atoms with van der Waals surface area (Å²) in [7, 11) is 0. The van der Waals surface area contributed by atoms with Gasteiger partial charge >= 0.3 is 5.69 Å². The van der Waals surface area contributed by atoms with E-state index in [1.807, 2.05) is 0 Å². The van der Waals surface area contributed by atoms with Crippen molar-refractivity contribution in [2.45, 2.75) is 38.3 Å². The molecule has 1 saturated carbocycles. The molecular weight excluding hydrogens is 364 g/mol. The van der Waals surface area contributed by atoms with Crippen LogP contribution in [0.15, 0.2) is 24.4 Å². The van der Waals surface area contributed by atoms with Gasteiger partial charge in [-0.05, 0) is 49.3 Å². The lowest BCUT2D eigenvalue weighted by atomic mass is 9.86. The molecule has 0 amide bonds. The van der Waals surface area contributed by atoms with E-state index >= 15 is 0 Å². The largest absolute Gasteiger partial charge is 0.504 e. The number of anilines is 2. The van der Waals surface area contributed by atoms with Crippen LogP contribution in [0.25, 0.3) is 0 Å². The van der Waals surface area contributed by atoms with Crippen LogP contribution in [0.2, 0.25) is 0 Å². The first-order chi connectivity index (χ1) is 13.4. The fourth-order valence-electron chi connectivity index (χ4n) is 3.22. The molecule has 10 heteroatoms. The van der Waals surface area contributed by atoms with Gasteiger partial charge in [0.05, 0.1) is 4.92 Å². The molecule has 3 rings (SSSR count). The van der Waals surface area contributed by atoms with Gasteiger partial charge in [-0.3, -0.25) is 10.1 Å². The lowest BCUT2D eigenvalue weighted by Gasteiger charge is -2.26. The van der Waals surface area contributed by atoms with Gasteiger partial charge in [0.2, 0.25) is 11.8 Å². The highest BCUT2D eigenvalue weighted by atomic mass is 16.6. The van der Waals surface area contributed by atoms with Gasteiger partial charge in [-0.15, -0.1) is 0 Å².